The summed E-state index contributed by atoms with van der Waals surface area (Å²) in [6.07, 6.45) is -1.53. The Hall–Kier alpha value is -2.15. The van der Waals surface area contributed by atoms with E-state index >= 15 is 0 Å². The van der Waals surface area contributed by atoms with Crippen LogP contribution < -0.4 is 4.74 Å². The number of ether oxygens (including phenoxy) is 1. The van der Waals surface area contributed by atoms with Crippen molar-refractivity contribution < 1.29 is 17.9 Å². The smallest absolute Gasteiger partial charge is 0.424 e. The highest BCUT2D eigenvalue weighted by molar-refractivity contribution is 5.29. The first-order valence-corrected chi connectivity index (χ1v) is 7.16. The number of hydrogen-bond acceptors (Lipinski definition) is 4. The Bertz CT molecular complexity index is 627. The Balaban J connectivity index is 1.98. The van der Waals surface area contributed by atoms with Gasteiger partial charge in [-0.25, -0.2) is 4.98 Å². The zero-order chi connectivity index (χ0) is 16.9. The lowest BCUT2D eigenvalue weighted by Gasteiger charge is -2.10. The van der Waals surface area contributed by atoms with Crippen LogP contribution in [0.25, 0.3) is 0 Å². The molecule has 124 valence electrons. The van der Waals surface area contributed by atoms with Crippen molar-refractivity contribution in [2.45, 2.75) is 19.0 Å². The number of aromatic nitrogens is 2. The molecule has 0 aliphatic heterocycles. The molecule has 23 heavy (non-hydrogen) atoms. The van der Waals surface area contributed by atoms with Gasteiger partial charge in [0.25, 0.3) is 0 Å². The van der Waals surface area contributed by atoms with Gasteiger partial charge in [0.15, 0.2) is 5.69 Å². The van der Waals surface area contributed by atoms with E-state index < -0.39 is 11.9 Å². The molecule has 0 saturated carbocycles. The summed E-state index contributed by atoms with van der Waals surface area (Å²) in [5.41, 5.74) is 0.118. The van der Waals surface area contributed by atoms with Crippen molar-refractivity contribution in [3.05, 3.63) is 47.8 Å². The first-order chi connectivity index (χ1) is 10.8. The number of rotatable bonds is 6. The summed E-state index contributed by atoms with van der Waals surface area (Å²) < 4.78 is 43.0. The maximum Gasteiger partial charge on any atom is 0.433 e. The molecule has 1 aromatic heterocycles. The van der Waals surface area contributed by atoms with Gasteiger partial charge in [-0.15, -0.1) is 0 Å². The minimum absolute atomic E-state index is 0.319. The van der Waals surface area contributed by atoms with Crippen molar-refractivity contribution in [1.82, 2.24) is 14.9 Å². The molecule has 1 aromatic carbocycles. The van der Waals surface area contributed by atoms with Crippen molar-refractivity contribution in [3.8, 4) is 11.8 Å². The van der Waals surface area contributed by atoms with Crippen molar-refractivity contribution in [2.75, 3.05) is 20.6 Å². The third kappa shape index (κ3) is 5.52. The van der Waals surface area contributed by atoms with Crippen LogP contribution in [-0.4, -0.2) is 35.5 Å². The van der Waals surface area contributed by atoms with Crippen LogP contribution in [0.5, 0.6) is 11.8 Å². The van der Waals surface area contributed by atoms with E-state index in [1.54, 1.807) is 12.1 Å². The van der Waals surface area contributed by atoms with Crippen molar-refractivity contribution in [2.24, 2.45) is 0 Å². The Kier molecular flexibility index (Phi) is 5.54. The van der Waals surface area contributed by atoms with Crippen LogP contribution in [0.4, 0.5) is 13.2 Å². The van der Waals surface area contributed by atoms with Gasteiger partial charge in [-0.1, -0.05) is 12.1 Å². The molecule has 0 radical (unpaired) electrons. The van der Waals surface area contributed by atoms with Gasteiger partial charge in [0.05, 0.1) is 0 Å². The van der Waals surface area contributed by atoms with Crippen molar-refractivity contribution in [3.63, 3.8) is 0 Å². The quantitative estimate of drug-likeness (QED) is 0.810. The summed E-state index contributed by atoms with van der Waals surface area (Å²) >= 11 is 0. The number of halogens is 3. The highest BCUT2D eigenvalue weighted by Crippen LogP contribution is 2.28. The largest absolute Gasteiger partial charge is 0.433 e. The summed E-state index contributed by atoms with van der Waals surface area (Å²) in [5.74, 6) is 0.403. The Labute approximate surface area is 132 Å². The standard InChI is InChI=1S/C16H18F3N3O/c1-22(2)11-3-4-12-5-7-13(8-6-12)23-15-20-10-9-14(21-15)16(17,18)19/h5-10H,3-4,11H2,1-2H3. The molecule has 2 rings (SSSR count). The molecule has 0 aliphatic carbocycles. The van der Waals surface area contributed by atoms with Crippen LogP contribution in [0.2, 0.25) is 0 Å². The lowest BCUT2D eigenvalue weighted by atomic mass is 10.1. The molecule has 0 unspecified atom stereocenters. The zero-order valence-corrected chi connectivity index (χ0v) is 13.0. The SMILES string of the molecule is CN(C)CCCc1ccc(Oc2nccc(C(F)(F)F)n2)cc1. The summed E-state index contributed by atoms with van der Waals surface area (Å²) in [6.45, 7) is 0.996. The van der Waals surface area contributed by atoms with Crippen LogP contribution in [-0.2, 0) is 12.6 Å². The highest BCUT2D eigenvalue weighted by atomic mass is 19.4. The average Bonchev–Trinajstić information content (AvgIpc) is 2.48. The average molecular weight is 325 g/mol. The lowest BCUT2D eigenvalue weighted by molar-refractivity contribution is -0.141. The first-order valence-electron chi connectivity index (χ1n) is 7.16. The Morgan fingerprint density at radius 1 is 1.09 bits per heavy atom. The van der Waals surface area contributed by atoms with Gasteiger partial charge in [-0.05, 0) is 57.2 Å². The van der Waals surface area contributed by atoms with Gasteiger partial charge < -0.3 is 9.64 Å². The predicted octanol–water partition coefficient (Wildman–Crippen LogP) is 3.78. The van der Waals surface area contributed by atoms with E-state index in [9.17, 15) is 13.2 Å². The van der Waals surface area contributed by atoms with Crippen LogP contribution in [0.1, 0.15) is 17.7 Å². The van der Waals surface area contributed by atoms with Crippen LogP contribution in [0.15, 0.2) is 36.5 Å². The van der Waals surface area contributed by atoms with Gasteiger partial charge in [-0.2, -0.15) is 18.2 Å². The van der Waals surface area contributed by atoms with E-state index in [-0.39, 0.29) is 6.01 Å². The molecule has 0 spiro atoms. The number of hydrogen-bond donors (Lipinski definition) is 0. The Morgan fingerprint density at radius 3 is 2.39 bits per heavy atom. The van der Waals surface area contributed by atoms with Gasteiger partial charge in [0.2, 0.25) is 0 Å². The van der Waals surface area contributed by atoms with Gasteiger partial charge in [0.1, 0.15) is 5.75 Å². The summed E-state index contributed by atoms with van der Waals surface area (Å²) in [6, 6.07) is 7.67. The second kappa shape index (κ2) is 7.41. The fourth-order valence-electron chi connectivity index (χ4n) is 1.98. The summed E-state index contributed by atoms with van der Waals surface area (Å²) in [7, 11) is 4.04. The summed E-state index contributed by atoms with van der Waals surface area (Å²) in [5, 5.41) is 0. The number of benzene rings is 1. The van der Waals surface area contributed by atoms with E-state index in [0.29, 0.717) is 5.75 Å². The topological polar surface area (TPSA) is 38.2 Å². The second-order valence-corrected chi connectivity index (χ2v) is 5.38. The maximum atomic E-state index is 12.6. The predicted molar refractivity (Wildman–Crippen MR) is 80.4 cm³/mol. The normalized spacial score (nSPS) is 11.7. The molecule has 0 atom stereocenters. The van der Waals surface area contributed by atoms with Gasteiger partial charge in [0, 0.05) is 6.20 Å². The second-order valence-electron chi connectivity index (χ2n) is 5.38. The first kappa shape index (κ1) is 17.2. The molecule has 0 amide bonds. The minimum atomic E-state index is -4.52. The number of alkyl halides is 3. The molecular formula is C16H18F3N3O. The third-order valence-corrected chi connectivity index (χ3v) is 3.13. The molecule has 0 aliphatic rings. The van der Waals surface area contributed by atoms with Crippen LogP contribution >= 0.6 is 0 Å². The molecular weight excluding hydrogens is 307 g/mol. The molecule has 0 saturated heterocycles. The minimum Gasteiger partial charge on any atom is -0.424 e. The molecule has 0 N–H and O–H groups in total. The van der Waals surface area contributed by atoms with Gasteiger partial charge in [-0.3, -0.25) is 0 Å². The summed E-state index contributed by atoms with van der Waals surface area (Å²) in [4.78, 5) is 9.18. The van der Waals surface area contributed by atoms with Crippen LogP contribution in [0.3, 0.4) is 0 Å². The molecule has 0 fully saturated rings. The molecule has 4 nitrogen and oxygen atoms in total. The van der Waals surface area contributed by atoms with E-state index in [0.717, 1.165) is 37.2 Å². The van der Waals surface area contributed by atoms with Crippen molar-refractivity contribution in [1.29, 1.82) is 0 Å². The van der Waals surface area contributed by atoms with E-state index in [4.69, 9.17) is 4.74 Å². The zero-order valence-electron chi connectivity index (χ0n) is 13.0. The maximum absolute atomic E-state index is 12.6. The fourth-order valence-corrected chi connectivity index (χ4v) is 1.98. The molecule has 2 aromatic rings. The fraction of sp³-hybridized carbons (Fsp3) is 0.375. The lowest BCUT2D eigenvalue weighted by Crippen LogP contribution is -2.13. The number of nitrogens with zero attached hydrogens (tertiary/aromatic N) is 3. The Morgan fingerprint density at radius 2 is 1.78 bits per heavy atom. The van der Waals surface area contributed by atoms with E-state index in [1.165, 1.54) is 0 Å². The van der Waals surface area contributed by atoms with E-state index in [2.05, 4.69) is 14.9 Å². The third-order valence-electron chi connectivity index (χ3n) is 3.13. The number of aryl methyl sites for hydroxylation is 1. The van der Waals surface area contributed by atoms with E-state index in [1.807, 2.05) is 26.2 Å². The van der Waals surface area contributed by atoms with Gasteiger partial charge >= 0.3 is 12.2 Å². The molecule has 0 bridgehead atoms. The van der Waals surface area contributed by atoms with Crippen LogP contribution in [0, 0.1) is 0 Å². The molecule has 7 heteroatoms. The monoisotopic (exact) mass is 325 g/mol. The van der Waals surface area contributed by atoms with Crippen molar-refractivity contribution >= 4 is 0 Å². The highest BCUT2D eigenvalue weighted by Gasteiger charge is 2.33. The molecule has 1 heterocycles.